The second kappa shape index (κ2) is 5.91. The van der Waals surface area contributed by atoms with Crippen LogP contribution in [0.2, 0.25) is 0 Å². The standard InChI is InChI=1S/C15H11BrN2O2S/c16-11-7-9(14(19)20)5-6-10(11)8-21-15-17-12-3-1-2-4-13(12)18-15/h1-7H,8H2,(H,17,18)(H,19,20). The van der Waals surface area contributed by atoms with Crippen LogP contribution in [0, 0.1) is 0 Å². The van der Waals surface area contributed by atoms with Gasteiger partial charge in [-0.05, 0) is 29.8 Å². The van der Waals surface area contributed by atoms with Crippen molar-refractivity contribution in [2.45, 2.75) is 10.9 Å². The number of aromatic carboxylic acids is 1. The molecule has 0 saturated carbocycles. The summed E-state index contributed by atoms with van der Waals surface area (Å²) in [6.45, 7) is 0. The Balaban J connectivity index is 1.76. The number of carbonyl (C=O) groups is 1. The molecule has 2 N–H and O–H groups in total. The van der Waals surface area contributed by atoms with Crippen molar-refractivity contribution in [1.82, 2.24) is 9.97 Å². The van der Waals surface area contributed by atoms with E-state index in [4.69, 9.17) is 5.11 Å². The highest BCUT2D eigenvalue weighted by Gasteiger charge is 2.08. The van der Waals surface area contributed by atoms with Gasteiger partial charge in [-0.25, -0.2) is 9.78 Å². The summed E-state index contributed by atoms with van der Waals surface area (Å²) in [5.41, 5.74) is 3.27. The van der Waals surface area contributed by atoms with Crippen molar-refractivity contribution in [3.63, 3.8) is 0 Å². The van der Waals surface area contributed by atoms with E-state index in [2.05, 4.69) is 25.9 Å². The molecule has 1 aromatic heterocycles. The number of carboxylic acid groups (broad SMARTS) is 1. The number of carboxylic acids is 1. The molecule has 21 heavy (non-hydrogen) atoms. The third-order valence-electron chi connectivity index (χ3n) is 3.03. The van der Waals surface area contributed by atoms with E-state index < -0.39 is 5.97 Å². The molecule has 4 nitrogen and oxygen atoms in total. The van der Waals surface area contributed by atoms with Crippen LogP contribution >= 0.6 is 27.7 Å². The van der Waals surface area contributed by atoms with Crippen molar-refractivity contribution in [3.8, 4) is 0 Å². The van der Waals surface area contributed by atoms with Crippen molar-refractivity contribution >= 4 is 44.7 Å². The molecule has 0 aliphatic heterocycles. The van der Waals surface area contributed by atoms with Crippen LogP contribution in [0.15, 0.2) is 52.1 Å². The first-order valence-corrected chi connectivity index (χ1v) is 8.00. The molecule has 0 aliphatic rings. The van der Waals surface area contributed by atoms with Crippen molar-refractivity contribution in [3.05, 3.63) is 58.1 Å². The highest BCUT2D eigenvalue weighted by molar-refractivity contribution is 9.10. The average Bonchev–Trinajstić information content (AvgIpc) is 2.88. The maximum Gasteiger partial charge on any atom is 0.335 e. The Hall–Kier alpha value is -1.79. The second-order valence-corrected chi connectivity index (χ2v) is 6.28. The number of aromatic nitrogens is 2. The van der Waals surface area contributed by atoms with E-state index in [-0.39, 0.29) is 5.56 Å². The van der Waals surface area contributed by atoms with E-state index in [1.807, 2.05) is 30.3 Å². The maximum absolute atomic E-state index is 10.9. The lowest BCUT2D eigenvalue weighted by atomic mass is 10.1. The Morgan fingerprint density at radius 1 is 1.29 bits per heavy atom. The molecule has 0 unspecified atom stereocenters. The maximum atomic E-state index is 10.9. The highest BCUT2D eigenvalue weighted by Crippen LogP contribution is 2.27. The zero-order chi connectivity index (χ0) is 14.8. The van der Waals surface area contributed by atoms with Crippen molar-refractivity contribution in [1.29, 1.82) is 0 Å². The molecule has 3 rings (SSSR count). The smallest absolute Gasteiger partial charge is 0.335 e. The summed E-state index contributed by atoms with van der Waals surface area (Å²) in [6.07, 6.45) is 0. The summed E-state index contributed by atoms with van der Waals surface area (Å²) < 4.78 is 0.797. The van der Waals surface area contributed by atoms with Gasteiger partial charge in [0, 0.05) is 10.2 Å². The summed E-state index contributed by atoms with van der Waals surface area (Å²) in [4.78, 5) is 18.7. The van der Waals surface area contributed by atoms with Crippen molar-refractivity contribution in [2.75, 3.05) is 0 Å². The number of aromatic amines is 1. The number of imidazole rings is 1. The lowest BCUT2D eigenvalue weighted by Gasteiger charge is -2.04. The molecular weight excluding hydrogens is 352 g/mol. The van der Waals surface area contributed by atoms with E-state index in [0.29, 0.717) is 5.75 Å². The van der Waals surface area contributed by atoms with Gasteiger partial charge in [0.05, 0.1) is 16.6 Å². The molecule has 2 aromatic carbocycles. The van der Waals surface area contributed by atoms with E-state index in [0.717, 1.165) is 26.2 Å². The van der Waals surface area contributed by atoms with Crippen LogP contribution in [-0.2, 0) is 5.75 Å². The lowest BCUT2D eigenvalue weighted by Crippen LogP contribution is -1.96. The molecule has 6 heteroatoms. The van der Waals surface area contributed by atoms with Crippen LogP contribution in [0.5, 0.6) is 0 Å². The second-order valence-electron chi connectivity index (χ2n) is 4.46. The van der Waals surface area contributed by atoms with Gasteiger partial charge >= 0.3 is 5.97 Å². The molecule has 0 spiro atoms. The quantitative estimate of drug-likeness (QED) is 0.678. The zero-order valence-electron chi connectivity index (χ0n) is 10.8. The summed E-state index contributed by atoms with van der Waals surface area (Å²) in [7, 11) is 0. The van der Waals surface area contributed by atoms with Crippen LogP contribution in [0.25, 0.3) is 11.0 Å². The number of hydrogen-bond acceptors (Lipinski definition) is 3. The normalized spacial score (nSPS) is 10.9. The van der Waals surface area contributed by atoms with E-state index >= 15 is 0 Å². The topological polar surface area (TPSA) is 66.0 Å². The molecule has 0 bridgehead atoms. The number of fused-ring (bicyclic) bond motifs is 1. The Bertz CT molecular complexity index is 783. The van der Waals surface area contributed by atoms with Gasteiger partial charge in [-0.2, -0.15) is 0 Å². The van der Waals surface area contributed by atoms with Crippen LogP contribution in [0.3, 0.4) is 0 Å². The number of hydrogen-bond donors (Lipinski definition) is 2. The van der Waals surface area contributed by atoms with Gasteiger partial charge in [0.15, 0.2) is 5.16 Å². The van der Waals surface area contributed by atoms with E-state index in [1.54, 1.807) is 23.9 Å². The van der Waals surface area contributed by atoms with Crippen LogP contribution < -0.4 is 0 Å². The van der Waals surface area contributed by atoms with Crippen molar-refractivity contribution in [2.24, 2.45) is 0 Å². The first-order chi connectivity index (χ1) is 10.1. The molecule has 106 valence electrons. The number of H-pyrrole nitrogens is 1. The average molecular weight is 363 g/mol. The Kier molecular flexibility index (Phi) is 3.98. The molecule has 0 amide bonds. The van der Waals surface area contributed by atoms with Gasteiger partial charge < -0.3 is 10.1 Å². The molecule has 0 aliphatic carbocycles. The summed E-state index contributed by atoms with van der Waals surface area (Å²) >= 11 is 5.00. The SMILES string of the molecule is O=C(O)c1ccc(CSc2nc3ccccc3[nH]2)c(Br)c1. The fourth-order valence-electron chi connectivity index (χ4n) is 1.94. The van der Waals surface area contributed by atoms with Gasteiger partial charge in [-0.3, -0.25) is 0 Å². The largest absolute Gasteiger partial charge is 0.478 e. The van der Waals surface area contributed by atoms with Crippen LogP contribution in [0.1, 0.15) is 15.9 Å². The minimum atomic E-state index is -0.924. The van der Waals surface area contributed by atoms with Gasteiger partial charge in [0.2, 0.25) is 0 Å². The van der Waals surface area contributed by atoms with E-state index in [9.17, 15) is 4.79 Å². The number of halogens is 1. The Labute approximate surface area is 133 Å². The Morgan fingerprint density at radius 2 is 2.10 bits per heavy atom. The molecular formula is C15H11BrN2O2S. The minimum absolute atomic E-state index is 0.277. The fourth-order valence-corrected chi connectivity index (χ4v) is 3.53. The van der Waals surface area contributed by atoms with Crippen LogP contribution in [-0.4, -0.2) is 21.0 Å². The molecule has 1 heterocycles. The third kappa shape index (κ3) is 3.11. The predicted molar refractivity (Wildman–Crippen MR) is 86.8 cm³/mol. The first kappa shape index (κ1) is 14.2. The van der Waals surface area contributed by atoms with Crippen molar-refractivity contribution < 1.29 is 9.90 Å². The van der Waals surface area contributed by atoms with Gasteiger partial charge in [0.1, 0.15) is 0 Å². The molecule has 0 fully saturated rings. The Morgan fingerprint density at radius 3 is 2.81 bits per heavy atom. The lowest BCUT2D eigenvalue weighted by molar-refractivity contribution is 0.0697. The summed E-state index contributed by atoms with van der Waals surface area (Å²) in [6, 6.07) is 12.9. The first-order valence-electron chi connectivity index (χ1n) is 6.23. The monoisotopic (exact) mass is 362 g/mol. The molecule has 3 aromatic rings. The number of nitrogens with one attached hydrogen (secondary N) is 1. The zero-order valence-corrected chi connectivity index (χ0v) is 13.2. The number of thioether (sulfide) groups is 1. The fraction of sp³-hybridized carbons (Fsp3) is 0.0667. The van der Waals surface area contributed by atoms with Crippen LogP contribution in [0.4, 0.5) is 0 Å². The van der Waals surface area contributed by atoms with E-state index in [1.165, 1.54) is 0 Å². The number of nitrogens with zero attached hydrogens (tertiary/aromatic N) is 1. The van der Waals surface area contributed by atoms with Gasteiger partial charge in [0.25, 0.3) is 0 Å². The number of rotatable bonds is 4. The highest BCUT2D eigenvalue weighted by atomic mass is 79.9. The molecule has 0 atom stereocenters. The van der Waals surface area contributed by atoms with Gasteiger partial charge in [-0.15, -0.1) is 0 Å². The van der Waals surface area contributed by atoms with Gasteiger partial charge in [-0.1, -0.05) is 45.9 Å². The summed E-state index contributed by atoms with van der Waals surface area (Å²) in [5.74, 6) is -0.215. The number of para-hydroxylation sites is 2. The molecule has 0 saturated heterocycles. The number of benzene rings is 2. The summed E-state index contributed by atoms with van der Waals surface area (Å²) in [5, 5.41) is 9.80. The minimum Gasteiger partial charge on any atom is -0.478 e. The third-order valence-corrected chi connectivity index (χ3v) is 4.69. The molecule has 0 radical (unpaired) electrons. The predicted octanol–water partition coefficient (Wildman–Crippen LogP) is 4.32.